The van der Waals surface area contributed by atoms with E-state index in [1.54, 1.807) is 6.07 Å². The predicted octanol–water partition coefficient (Wildman–Crippen LogP) is 3.66. The fourth-order valence-electron chi connectivity index (χ4n) is 4.04. The molecule has 2 aliphatic heterocycles. The van der Waals surface area contributed by atoms with Crippen molar-refractivity contribution in [2.24, 2.45) is 11.8 Å². The molecular formula is C23H29FN4O2. The van der Waals surface area contributed by atoms with Crippen molar-refractivity contribution < 1.29 is 13.9 Å². The summed E-state index contributed by atoms with van der Waals surface area (Å²) < 4.78 is 19.9. The summed E-state index contributed by atoms with van der Waals surface area (Å²) in [5, 5.41) is 9.55. The van der Waals surface area contributed by atoms with Gasteiger partial charge in [-0.1, -0.05) is 12.1 Å². The Morgan fingerprint density at radius 2 is 2.10 bits per heavy atom. The van der Waals surface area contributed by atoms with Crippen molar-refractivity contribution in [1.29, 1.82) is 0 Å². The van der Waals surface area contributed by atoms with Crippen LogP contribution in [0.3, 0.4) is 0 Å². The minimum Gasteiger partial charge on any atom is -0.385 e. The first-order chi connectivity index (χ1) is 14.7. The topological polar surface area (TPSA) is 75.3 Å². The van der Waals surface area contributed by atoms with Gasteiger partial charge in [-0.15, -0.1) is 0 Å². The lowest BCUT2D eigenvalue weighted by atomic mass is 9.99. The summed E-state index contributed by atoms with van der Waals surface area (Å²) in [5.74, 6) is 0.415. The Hall–Kier alpha value is -2.51. The highest BCUT2D eigenvalue weighted by Crippen LogP contribution is 2.28. The minimum absolute atomic E-state index is 0.0702. The normalized spacial score (nSPS) is 20.0. The first-order valence-corrected chi connectivity index (χ1v) is 10.8. The summed E-state index contributed by atoms with van der Waals surface area (Å²) in [5.41, 5.74) is 2.13. The predicted molar refractivity (Wildman–Crippen MR) is 116 cm³/mol. The van der Waals surface area contributed by atoms with Crippen molar-refractivity contribution in [3.05, 3.63) is 42.3 Å². The Kier molecular flexibility index (Phi) is 6.92. The molecule has 160 valence electrons. The molecule has 0 bridgehead atoms. The number of pyridine rings is 1. The molecule has 0 spiro atoms. The summed E-state index contributed by atoms with van der Waals surface area (Å²) in [6.45, 7) is 4.13. The van der Waals surface area contributed by atoms with Crippen LogP contribution in [0.5, 0.6) is 0 Å². The smallest absolute Gasteiger partial charge is 0.229 e. The largest absolute Gasteiger partial charge is 0.385 e. The zero-order valence-electron chi connectivity index (χ0n) is 17.1. The van der Waals surface area contributed by atoms with Crippen molar-refractivity contribution >= 4 is 17.4 Å². The molecule has 6 nitrogen and oxygen atoms in total. The number of anilines is 2. The molecule has 7 heteroatoms. The lowest BCUT2D eigenvalue weighted by Gasteiger charge is -2.23. The van der Waals surface area contributed by atoms with Gasteiger partial charge in [-0.2, -0.15) is 0 Å². The zero-order chi connectivity index (χ0) is 20.8. The molecule has 4 rings (SSSR count). The van der Waals surface area contributed by atoms with Crippen LogP contribution in [0, 0.1) is 17.7 Å². The molecule has 1 amide bonds. The molecule has 2 saturated heterocycles. The number of amides is 1. The van der Waals surface area contributed by atoms with Crippen molar-refractivity contribution in [2.75, 3.05) is 43.5 Å². The van der Waals surface area contributed by atoms with Crippen LogP contribution >= 0.6 is 0 Å². The maximum Gasteiger partial charge on any atom is 0.229 e. The van der Waals surface area contributed by atoms with E-state index in [0.717, 1.165) is 63.2 Å². The number of piperidine rings is 1. The molecular weight excluding hydrogens is 383 g/mol. The molecule has 0 saturated carbocycles. The summed E-state index contributed by atoms with van der Waals surface area (Å²) >= 11 is 0. The second-order valence-electron chi connectivity index (χ2n) is 8.10. The first kappa shape index (κ1) is 20.8. The molecule has 0 aliphatic carbocycles. The minimum atomic E-state index is -0.408. The highest BCUT2D eigenvalue weighted by Gasteiger charge is 2.21. The lowest BCUT2D eigenvalue weighted by molar-refractivity contribution is -0.120. The van der Waals surface area contributed by atoms with Gasteiger partial charge < -0.3 is 20.7 Å². The summed E-state index contributed by atoms with van der Waals surface area (Å²) in [4.78, 5) is 16.6. The maximum absolute atomic E-state index is 14.5. The molecule has 1 aromatic heterocycles. The number of nitrogens with zero attached hydrogens (tertiary/aromatic N) is 1. The third kappa shape index (κ3) is 5.34. The van der Waals surface area contributed by atoms with Gasteiger partial charge in [0.05, 0.1) is 12.1 Å². The molecule has 2 aromatic rings. The fourth-order valence-corrected chi connectivity index (χ4v) is 4.04. The highest BCUT2D eigenvalue weighted by atomic mass is 19.1. The van der Waals surface area contributed by atoms with Crippen LogP contribution in [0.2, 0.25) is 0 Å². The number of benzene rings is 1. The van der Waals surface area contributed by atoms with Crippen LogP contribution in [0.25, 0.3) is 11.1 Å². The van der Waals surface area contributed by atoms with Gasteiger partial charge in [0.1, 0.15) is 11.6 Å². The van der Waals surface area contributed by atoms with E-state index in [0.29, 0.717) is 23.8 Å². The van der Waals surface area contributed by atoms with E-state index in [-0.39, 0.29) is 11.8 Å². The number of halogens is 1. The zero-order valence-corrected chi connectivity index (χ0v) is 17.1. The molecule has 3 N–H and O–H groups in total. The summed E-state index contributed by atoms with van der Waals surface area (Å²) in [7, 11) is 0. The number of ether oxygens (including phenoxy) is 1. The van der Waals surface area contributed by atoms with E-state index in [4.69, 9.17) is 4.74 Å². The number of hydrogen-bond donors (Lipinski definition) is 3. The molecule has 2 aliphatic rings. The Morgan fingerprint density at radius 1 is 1.23 bits per heavy atom. The van der Waals surface area contributed by atoms with Crippen LogP contribution in [-0.4, -0.2) is 43.7 Å². The average Bonchev–Trinajstić information content (AvgIpc) is 2.80. The average molecular weight is 413 g/mol. The van der Waals surface area contributed by atoms with Crippen LogP contribution in [0.4, 0.5) is 15.9 Å². The van der Waals surface area contributed by atoms with Gasteiger partial charge in [0.25, 0.3) is 0 Å². The van der Waals surface area contributed by atoms with Crippen molar-refractivity contribution in [2.45, 2.75) is 25.7 Å². The van der Waals surface area contributed by atoms with Gasteiger partial charge in [-0.3, -0.25) is 4.79 Å². The SMILES string of the molecule is O=C(Nc1cc(-c2cccc(NCC3CCOCC3)c2)c(F)cn1)[C@@H]1CCCNC1. The van der Waals surface area contributed by atoms with E-state index in [2.05, 4.69) is 20.9 Å². The van der Waals surface area contributed by atoms with Gasteiger partial charge in [0.2, 0.25) is 5.91 Å². The van der Waals surface area contributed by atoms with Gasteiger partial charge >= 0.3 is 0 Å². The highest BCUT2D eigenvalue weighted by molar-refractivity contribution is 5.92. The van der Waals surface area contributed by atoms with E-state index >= 15 is 0 Å². The third-order valence-electron chi connectivity index (χ3n) is 5.88. The van der Waals surface area contributed by atoms with Crippen LogP contribution in [0.1, 0.15) is 25.7 Å². The van der Waals surface area contributed by atoms with Gasteiger partial charge in [0, 0.05) is 37.6 Å². The van der Waals surface area contributed by atoms with Crippen LogP contribution in [-0.2, 0) is 9.53 Å². The van der Waals surface area contributed by atoms with Gasteiger partial charge in [-0.05, 0) is 61.9 Å². The monoisotopic (exact) mass is 412 g/mol. The molecule has 1 aromatic carbocycles. The van der Waals surface area contributed by atoms with Crippen LogP contribution < -0.4 is 16.0 Å². The Balaban J connectivity index is 1.45. The second-order valence-corrected chi connectivity index (χ2v) is 8.10. The summed E-state index contributed by atoms with van der Waals surface area (Å²) in [6, 6.07) is 9.32. The Labute approximate surface area is 176 Å². The first-order valence-electron chi connectivity index (χ1n) is 10.8. The number of nitrogens with one attached hydrogen (secondary N) is 3. The van der Waals surface area contributed by atoms with Crippen molar-refractivity contribution in [3.63, 3.8) is 0 Å². The molecule has 1 atom stereocenters. The summed E-state index contributed by atoms with van der Waals surface area (Å²) in [6.07, 6.45) is 5.13. The lowest BCUT2D eigenvalue weighted by Crippen LogP contribution is -2.37. The van der Waals surface area contributed by atoms with Gasteiger partial charge in [0.15, 0.2) is 0 Å². The number of carbonyl (C=O) groups is 1. The van der Waals surface area contributed by atoms with E-state index in [9.17, 15) is 9.18 Å². The van der Waals surface area contributed by atoms with Gasteiger partial charge in [-0.25, -0.2) is 9.37 Å². The fraction of sp³-hybridized carbons (Fsp3) is 0.478. The van der Waals surface area contributed by atoms with E-state index in [1.165, 1.54) is 6.20 Å². The number of rotatable bonds is 6. The molecule has 30 heavy (non-hydrogen) atoms. The molecule has 2 fully saturated rings. The van der Waals surface area contributed by atoms with Crippen molar-refractivity contribution in [3.8, 4) is 11.1 Å². The number of carbonyl (C=O) groups excluding carboxylic acids is 1. The Morgan fingerprint density at radius 3 is 2.90 bits per heavy atom. The third-order valence-corrected chi connectivity index (χ3v) is 5.88. The van der Waals surface area contributed by atoms with E-state index < -0.39 is 5.82 Å². The Bertz CT molecular complexity index is 864. The molecule has 3 heterocycles. The van der Waals surface area contributed by atoms with E-state index in [1.807, 2.05) is 24.3 Å². The van der Waals surface area contributed by atoms with Crippen LogP contribution in [0.15, 0.2) is 36.5 Å². The number of hydrogen-bond acceptors (Lipinski definition) is 5. The maximum atomic E-state index is 14.5. The standard InChI is InChI=1S/C23H29FN4O2/c24-21-15-27-22(28-23(29)18-4-2-8-25-14-18)12-20(21)17-3-1-5-19(11-17)26-13-16-6-9-30-10-7-16/h1,3,5,11-12,15-16,18,25-26H,2,4,6-10,13-14H2,(H,27,28,29)/t18-/m1/s1. The van der Waals surface area contributed by atoms with Crippen molar-refractivity contribution in [1.82, 2.24) is 10.3 Å². The number of aromatic nitrogens is 1. The second kappa shape index (κ2) is 10.00. The quantitative estimate of drug-likeness (QED) is 0.675. The molecule has 0 unspecified atom stereocenters. The molecule has 0 radical (unpaired) electrons.